The Morgan fingerprint density at radius 2 is 1.54 bits per heavy atom. The highest BCUT2D eigenvalue weighted by atomic mass is 35.5. The molecular formula is C23H32ClNO. The third-order valence-corrected chi connectivity index (χ3v) is 5.01. The highest BCUT2D eigenvalue weighted by Crippen LogP contribution is 2.19. The molecule has 2 nitrogen and oxygen atoms in total. The molecular weight excluding hydrogens is 342 g/mol. The van der Waals surface area contributed by atoms with Crippen LogP contribution in [0.15, 0.2) is 54.6 Å². The van der Waals surface area contributed by atoms with E-state index in [1.165, 1.54) is 44.1 Å². The molecule has 2 aromatic rings. The van der Waals surface area contributed by atoms with Crippen LogP contribution < -0.4 is 0 Å². The molecule has 0 bridgehead atoms. The predicted molar refractivity (Wildman–Crippen MR) is 112 cm³/mol. The van der Waals surface area contributed by atoms with Crippen LogP contribution in [0.5, 0.6) is 0 Å². The second-order valence-corrected chi connectivity index (χ2v) is 7.49. The molecule has 0 spiro atoms. The minimum absolute atomic E-state index is 0.490. The van der Waals surface area contributed by atoms with Gasteiger partial charge in [0, 0.05) is 18.1 Å². The van der Waals surface area contributed by atoms with Gasteiger partial charge in [0.05, 0.1) is 6.10 Å². The fraction of sp³-hybridized carbons (Fsp3) is 0.478. The van der Waals surface area contributed by atoms with Crippen molar-refractivity contribution in [2.24, 2.45) is 0 Å². The van der Waals surface area contributed by atoms with Crippen LogP contribution in [0.1, 0.15) is 62.7 Å². The highest BCUT2D eigenvalue weighted by molar-refractivity contribution is 6.30. The normalized spacial score (nSPS) is 12.5. The van der Waals surface area contributed by atoms with E-state index in [0.717, 1.165) is 18.7 Å². The van der Waals surface area contributed by atoms with E-state index in [4.69, 9.17) is 11.6 Å². The maximum absolute atomic E-state index is 10.6. The van der Waals surface area contributed by atoms with Gasteiger partial charge in [-0.15, -0.1) is 0 Å². The Hall–Kier alpha value is -1.35. The molecule has 26 heavy (non-hydrogen) atoms. The van der Waals surface area contributed by atoms with Gasteiger partial charge in [-0.05, 0) is 36.2 Å². The monoisotopic (exact) mass is 373 g/mol. The summed E-state index contributed by atoms with van der Waals surface area (Å²) in [4.78, 5) is 2.37. The quantitative estimate of drug-likeness (QED) is 0.445. The molecule has 3 heteroatoms. The molecule has 2 rings (SSSR count). The fourth-order valence-electron chi connectivity index (χ4n) is 3.23. The number of halogens is 1. The predicted octanol–water partition coefficient (Wildman–Crippen LogP) is 6.24. The SMILES string of the molecule is CCCCCCCCN(Cc1ccccc1)C[C@H](O)c1ccc(Cl)cc1. The summed E-state index contributed by atoms with van der Waals surface area (Å²) >= 11 is 5.96. The second-order valence-electron chi connectivity index (χ2n) is 7.06. The van der Waals surface area contributed by atoms with Crippen molar-refractivity contribution in [3.8, 4) is 0 Å². The summed E-state index contributed by atoms with van der Waals surface area (Å²) < 4.78 is 0. The lowest BCUT2D eigenvalue weighted by Gasteiger charge is -2.25. The first-order chi connectivity index (χ1) is 12.7. The Balaban J connectivity index is 1.89. The second kappa shape index (κ2) is 12.1. The van der Waals surface area contributed by atoms with Gasteiger partial charge >= 0.3 is 0 Å². The first-order valence-electron chi connectivity index (χ1n) is 9.89. The van der Waals surface area contributed by atoms with Crippen LogP contribution in [0.2, 0.25) is 5.02 Å². The molecule has 0 fully saturated rings. The average molecular weight is 374 g/mol. The van der Waals surface area contributed by atoms with Crippen LogP contribution in [-0.2, 0) is 6.54 Å². The van der Waals surface area contributed by atoms with Gasteiger partial charge in [-0.1, -0.05) is 93.1 Å². The zero-order valence-corrected chi connectivity index (χ0v) is 16.7. The van der Waals surface area contributed by atoms with Gasteiger partial charge in [0.1, 0.15) is 0 Å². The van der Waals surface area contributed by atoms with E-state index >= 15 is 0 Å². The summed E-state index contributed by atoms with van der Waals surface area (Å²) in [7, 11) is 0. The van der Waals surface area contributed by atoms with Crippen molar-refractivity contribution in [2.45, 2.75) is 58.1 Å². The van der Waals surface area contributed by atoms with Crippen molar-refractivity contribution in [3.05, 3.63) is 70.7 Å². The van der Waals surface area contributed by atoms with Crippen molar-refractivity contribution >= 4 is 11.6 Å². The van der Waals surface area contributed by atoms with E-state index < -0.39 is 6.10 Å². The molecule has 2 aromatic carbocycles. The molecule has 142 valence electrons. The third-order valence-electron chi connectivity index (χ3n) is 4.76. The van der Waals surface area contributed by atoms with E-state index in [1.54, 1.807) is 0 Å². The molecule has 0 aliphatic rings. The lowest BCUT2D eigenvalue weighted by atomic mass is 10.1. The zero-order chi connectivity index (χ0) is 18.6. The molecule has 0 saturated heterocycles. The summed E-state index contributed by atoms with van der Waals surface area (Å²) in [5.41, 5.74) is 2.22. The van der Waals surface area contributed by atoms with Gasteiger partial charge in [0.2, 0.25) is 0 Å². The number of hydrogen-bond donors (Lipinski definition) is 1. The summed E-state index contributed by atoms with van der Waals surface area (Å²) in [5.74, 6) is 0. The minimum Gasteiger partial charge on any atom is -0.387 e. The van der Waals surface area contributed by atoms with Gasteiger partial charge in [0.25, 0.3) is 0 Å². The van der Waals surface area contributed by atoms with Gasteiger partial charge in [-0.3, -0.25) is 4.90 Å². The first kappa shape index (κ1) is 21.0. The smallest absolute Gasteiger partial charge is 0.0917 e. The number of hydrogen-bond acceptors (Lipinski definition) is 2. The maximum Gasteiger partial charge on any atom is 0.0917 e. The lowest BCUT2D eigenvalue weighted by molar-refractivity contribution is 0.108. The molecule has 0 aromatic heterocycles. The molecule has 0 amide bonds. The summed E-state index contributed by atoms with van der Waals surface area (Å²) in [6, 6.07) is 18.0. The lowest BCUT2D eigenvalue weighted by Crippen LogP contribution is -2.29. The molecule has 1 atom stereocenters. The van der Waals surface area contributed by atoms with Gasteiger partial charge in [0.15, 0.2) is 0 Å². The Morgan fingerprint density at radius 3 is 2.23 bits per heavy atom. The van der Waals surface area contributed by atoms with Crippen LogP contribution in [0.25, 0.3) is 0 Å². The highest BCUT2D eigenvalue weighted by Gasteiger charge is 2.14. The topological polar surface area (TPSA) is 23.5 Å². The van der Waals surface area contributed by atoms with Crippen molar-refractivity contribution in [3.63, 3.8) is 0 Å². The van der Waals surface area contributed by atoms with Crippen LogP contribution >= 0.6 is 11.6 Å². The van der Waals surface area contributed by atoms with Crippen LogP contribution in [0, 0.1) is 0 Å². The summed E-state index contributed by atoms with van der Waals surface area (Å²) in [5, 5.41) is 11.4. The molecule has 0 aliphatic carbocycles. The molecule has 0 aliphatic heterocycles. The van der Waals surface area contributed by atoms with E-state index in [1.807, 2.05) is 30.3 Å². The maximum atomic E-state index is 10.6. The summed E-state index contributed by atoms with van der Waals surface area (Å²) in [6.45, 7) is 4.79. The van der Waals surface area contributed by atoms with E-state index in [9.17, 15) is 5.11 Å². The number of unbranched alkanes of at least 4 members (excludes halogenated alkanes) is 5. The Labute approximate surface area is 163 Å². The Bertz CT molecular complexity index is 599. The van der Waals surface area contributed by atoms with Crippen LogP contribution in [0.4, 0.5) is 0 Å². The van der Waals surface area contributed by atoms with Crippen LogP contribution in [0.3, 0.4) is 0 Å². The Morgan fingerprint density at radius 1 is 0.885 bits per heavy atom. The summed E-state index contributed by atoms with van der Waals surface area (Å²) in [6.07, 6.45) is 7.23. The number of benzene rings is 2. The molecule has 1 N–H and O–H groups in total. The van der Waals surface area contributed by atoms with Crippen molar-refractivity contribution in [1.29, 1.82) is 0 Å². The number of nitrogens with zero attached hydrogens (tertiary/aromatic N) is 1. The van der Waals surface area contributed by atoms with E-state index in [2.05, 4.69) is 36.1 Å². The van der Waals surface area contributed by atoms with Gasteiger partial charge in [-0.25, -0.2) is 0 Å². The number of aliphatic hydroxyl groups excluding tert-OH is 1. The minimum atomic E-state index is -0.490. The van der Waals surface area contributed by atoms with Crippen molar-refractivity contribution in [2.75, 3.05) is 13.1 Å². The van der Waals surface area contributed by atoms with Gasteiger partial charge in [-0.2, -0.15) is 0 Å². The third kappa shape index (κ3) is 7.90. The van der Waals surface area contributed by atoms with Crippen molar-refractivity contribution < 1.29 is 5.11 Å². The molecule has 0 radical (unpaired) electrons. The molecule has 0 heterocycles. The Kier molecular flexibility index (Phi) is 9.76. The number of aliphatic hydroxyl groups is 1. The zero-order valence-electron chi connectivity index (χ0n) is 15.9. The molecule has 0 saturated carbocycles. The van der Waals surface area contributed by atoms with E-state index in [0.29, 0.717) is 11.6 Å². The average Bonchev–Trinajstić information content (AvgIpc) is 2.65. The fourth-order valence-corrected chi connectivity index (χ4v) is 3.35. The first-order valence-corrected chi connectivity index (χ1v) is 10.3. The number of rotatable bonds is 12. The molecule has 0 unspecified atom stereocenters. The van der Waals surface area contributed by atoms with E-state index in [-0.39, 0.29) is 0 Å². The van der Waals surface area contributed by atoms with Crippen LogP contribution in [-0.4, -0.2) is 23.1 Å². The standard InChI is InChI=1S/C23H32ClNO/c1-2-3-4-5-6-10-17-25(18-20-11-8-7-9-12-20)19-23(26)21-13-15-22(24)16-14-21/h7-9,11-16,23,26H,2-6,10,17-19H2,1H3/t23-/m0/s1. The largest absolute Gasteiger partial charge is 0.387 e. The van der Waals surface area contributed by atoms with Crippen molar-refractivity contribution in [1.82, 2.24) is 4.90 Å². The van der Waals surface area contributed by atoms with Gasteiger partial charge < -0.3 is 5.11 Å².